The van der Waals surface area contributed by atoms with Crippen molar-refractivity contribution in [2.24, 2.45) is 5.73 Å². The van der Waals surface area contributed by atoms with Gasteiger partial charge in [0.1, 0.15) is 11.2 Å². The molecule has 1 aromatic rings. The van der Waals surface area contributed by atoms with E-state index in [2.05, 4.69) is 4.98 Å². The van der Waals surface area contributed by atoms with Crippen LogP contribution in [0.5, 0.6) is 0 Å². The number of hydrogen-bond donors (Lipinski definition) is 1. The largest absolute Gasteiger partial charge is 0.338 e. The van der Waals surface area contributed by atoms with Gasteiger partial charge in [-0.1, -0.05) is 13.0 Å². The molecule has 20 heavy (non-hydrogen) atoms. The lowest BCUT2D eigenvalue weighted by Crippen LogP contribution is -2.48. The highest BCUT2D eigenvalue weighted by Gasteiger charge is 2.34. The number of hydrogen-bond acceptors (Lipinski definition) is 6. The van der Waals surface area contributed by atoms with E-state index in [4.69, 9.17) is 5.73 Å². The normalized spacial score (nSPS) is 21.8. The molecule has 2 rings (SSSR count). The molecule has 0 radical (unpaired) electrons. The van der Waals surface area contributed by atoms with Crippen LogP contribution in [0.2, 0.25) is 0 Å². The van der Waals surface area contributed by atoms with Gasteiger partial charge < -0.3 is 10.6 Å². The number of sulfone groups is 1. The second-order valence-electron chi connectivity index (χ2n) is 4.88. The summed E-state index contributed by atoms with van der Waals surface area (Å²) in [5, 5.41) is -0.501. The molecule has 7 heteroatoms. The van der Waals surface area contributed by atoms with Crippen LogP contribution in [0.1, 0.15) is 25.5 Å². The van der Waals surface area contributed by atoms with E-state index in [0.717, 1.165) is 11.3 Å². The molecule has 1 aliphatic heterocycles. The lowest BCUT2D eigenvalue weighted by molar-refractivity contribution is 0.578. The monoisotopic (exact) mass is 315 g/mol. The van der Waals surface area contributed by atoms with Crippen LogP contribution in [0.25, 0.3) is 0 Å². The molecule has 1 fully saturated rings. The van der Waals surface area contributed by atoms with E-state index in [1.165, 1.54) is 0 Å². The summed E-state index contributed by atoms with van der Waals surface area (Å²) < 4.78 is 24.6. The second-order valence-corrected chi connectivity index (χ2v) is 8.48. The summed E-state index contributed by atoms with van der Waals surface area (Å²) in [6, 6.07) is 3.59. The lowest BCUT2D eigenvalue weighted by atomic mass is 10.1. The average molecular weight is 315 g/mol. The van der Waals surface area contributed by atoms with E-state index in [1.54, 1.807) is 24.9 Å². The molecule has 1 aliphatic rings. The van der Waals surface area contributed by atoms with Crippen LogP contribution in [0, 0.1) is 0 Å². The zero-order valence-corrected chi connectivity index (χ0v) is 13.5. The first-order valence-electron chi connectivity index (χ1n) is 6.73. The highest BCUT2D eigenvalue weighted by atomic mass is 32.2. The van der Waals surface area contributed by atoms with Gasteiger partial charge in [-0.25, -0.2) is 13.4 Å². The second kappa shape index (κ2) is 6.32. The summed E-state index contributed by atoms with van der Waals surface area (Å²) in [6.07, 6.45) is 1.69. The fourth-order valence-corrected chi connectivity index (χ4v) is 5.29. The molecule has 2 atom stereocenters. The third kappa shape index (κ3) is 3.10. The molecule has 1 unspecified atom stereocenters. The Morgan fingerprint density at radius 2 is 2.35 bits per heavy atom. The van der Waals surface area contributed by atoms with Gasteiger partial charge in [0, 0.05) is 41.6 Å². The third-order valence-corrected chi connectivity index (χ3v) is 6.77. The van der Waals surface area contributed by atoms with Crippen molar-refractivity contribution >= 4 is 27.4 Å². The molecule has 0 spiro atoms. The molecule has 0 aromatic carbocycles. The van der Waals surface area contributed by atoms with E-state index in [9.17, 15) is 8.42 Å². The van der Waals surface area contributed by atoms with Crippen molar-refractivity contribution in [3.05, 3.63) is 23.9 Å². The number of pyridine rings is 1. The summed E-state index contributed by atoms with van der Waals surface area (Å²) in [5.41, 5.74) is 6.89. The SMILES string of the molecule is CCS(=O)(=O)C1CSCCN1c1ncccc1[C@@H](C)N. The fraction of sp³-hybridized carbons (Fsp3) is 0.615. The summed E-state index contributed by atoms with van der Waals surface area (Å²) in [4.78, 5) is 6.30. The summed E-state index contributed by atoms with van der Waals surface area (Å²) in [6.45, 7) is 4.27. The maximum absolute atomic E-state index is 12.3. The maximum Gasteiger partial charge on any atom is 0.171 e. The molecule has 5 nitrogen and oxygen atoms in total. The van der Waals surface area contributed by atoms with Crippen molar-refractivity contribution in [2.75, 3.05) is 28.7 Å². The average Bonchev–Trinajstić information content (AvgIpc) is 2.47. The highest BCUT2D eigenvalue weighted by molar-refractivity contribution is 8.01. The number of anilines is 1. The zero-order chi connectivity index (χ0) is 14.8. The minimum atomic E-state index is -3.14. The van der Waals surface area contributed by atoms with Gasteiger partial charge in [-0.2, -0.15) is 11.8 Å². The Morgan fingerprint density at radius 1 is 1.60 bits per heavy atom. The molecule has 1 aromatic heterocycles. The van der Waals surface area contributed by atoms with Gasteiger partial charge in [0.25, 0.3) is 0 Å². The van der Waals surface area contributed by atoms with E-state index >= 15 is 0 Å². The van der Waals surface area contributed by atoms with Crippen molar-refractivity contribution in [1.29, 1.82) is 0 Å². The Bertz CT molecular complexity index is 560. The Balaban J connectivity index is 2.43. The van der Waals surface area contributed by atoms with Gasteiger partial charge in [0.2, 0.25) is 0 Å². The van der Waals surface area contributed by atoms with Gasteiger partial charge in [-0.05, 0) is 13.0 Å². The van der Waals surface area contributed by atoms with E-state index in [-0.39, 0.29) is 11.8 Å². The van der Waals surface area contributed by atoms with Gasteiger partial charge in [-0.15, -0.1) is 0 Å². The van der Waals surface area contributed by atoms with Gasteiger partial charge in [0.05, 0.1) is 0 Å². The van der Waals surface area contributed by atoms with E-state index in [0.29, 0.717) is 18.1 Å². The third-order valence-electron chi connectivity index (χ3n) is 3.48. The van der Waals surface area contributed by atoms with Crippen LogP contribution in [0.4, 0.5) is 5.82 Å². The van der Waals surface area contributed by atoms with E-state index < -0.39 is 15.2 Å². The van der Waals surface area contributed by atoms with Crippen molar-refractivity contribution in [3.63, 3.8) is 0 Å². The van der Waals surface area contributed by atoms with Gasteiger partial charge in [0.15, 0.2) is 9.84 Å². The van der Waals surface area contributed by atoms with Crippen LogP contribution in [-0.2, 0) is 9.84 Å². The van der Waals surface area contributed by atoms with Gasteiger partial charge in [-0.3, -0.25) is 0 Å². The molecule has 2 N–H and O–H groups in total. The first-order chi connectivity index (χ1) is 9.47. The van der Waals surface area contributed by atoms with Crippen LogP contribution in [0.15, 0.2) is 18.3 Å². The standard InChI is InChI=1S/C13H21N3O2S2/c1-3-20(17,18)12-9-19-8-7-16(12)13-11(10(2)14)5-4-6-15-13/h4-6,10,12H,3,7-9,14H2,1-2H3/t10-,12?/m1/s1. The number of nitrogens with zero attached hydrogens (tertiary/aromatic N) is 2. The molecule has 0 amide bonds. The van der Waals surface area contributed by atoms with Crippen molar-refractivity contribution < 1.29 is 8.42 Å². The zero-order valence-electron chi connectivity index (χ0n) is 11.8. The van der Waals surface area contributed by atoms with Gasteiger partial charge >= 0.3 is 0 Å². The van der Waals surface area contributed by atoms with Crippen LogP contribution in [0.3, 0.4) is 0 Å². The number of nitrogens with two attached hydrogens (primary N) is 1. The molecule has 0 aliphatic carbocycles. The molecule has 1 saturated heterocycles. The van der Waals surface area contributed by atoms with E-state index in [1.807, 2.05) is 24.0 Å². The smallest absolute Gasteiger partial charge is 0.171 e. The predicted octanol–water partition coefficient (Wildman–Crippen LogP) is 1.42. The molecular formula is C13H21N3O2S2. The summed E-state index contributed by atoms with van der Waals surface area (Å²) >= 11 is 1.68. The predicted molar refractivity (Wildman–Crippen MR) is 84.8 cm³/mol. The Morgan fingerprint density at radius 3 is 3.00 bits per heavy atom. The van der Waals surface area contributed by atoms with Crippen LogP contribution < -0.4 is 10.6 Å². The van der Waals surface area contributed by atoms with Crippen LogP contribution >= 0.6 is 11.8 Å². The molecule has 112 valence electrons. The molecule has 2 heterocycles. The first-order valence-corrected chi connectivity index (χ1v) is 9.61. The molecule has 0 bridgehead atoms. The molecule has 0 saturated carbocycles. The van der Waals surface area contributed by atoms with Crippen LogP contribution in [-0.4, -0.2) is 42.6 Å². The minimum Gasteiger partial charge on any atom is -0.338 e. The Kier molecular flexibility index (Phi) is 4.93. The number of thioether (sulfide) groups is 1. The molecular weight excluding hydrogens is 294 g/mol. The Labute approximate surface area is 124 Å². The van der Waals surface area contributed by atoms with Crippen molar-refractivity contribution in [2.45, 2.75) is 25.3 Å². The number of aromatic nitrogens is 1. The fourth-order valence-electron chi connectivity index (χ4n) is 2.32. The number of rotatable bonds is 4. The quantitative estimate of drug-likeness (QED) is 0.905. The lowest BCUT2D eigenvalue weighted by Gasteiger charge is -2.37. The Hall–Kier alpha value is -0.790. The summed E-state index contributed by atoms with van der Waals surface area (Å²) in [5.74, 6) is 2.36. The van der Waals surface area contributed by atoms with Crippen molar-refractivity contribution in [1.82, 2.24) is 4.98 Å². The topological polar surface area (TPSA) is 76.3 Å². The first kappa shape index (κ1) is 15.6. The minimum absolute atomic E-state index is 0.148. The highest BCUT2D eigenvalue weighted by Crippen LogP contribution is 2.30. The summed E-state index contributed by atoms with van der Waals surface area (Å²) in [7, 11) is -3.14. The van der Waals surface area contributed by atoms with Crippen molar-refractivity contribution in [3.8, 4) is 0 Å². The maximum atomic E-state index is 12.3.